The van der Waals surface area contributed by atoms with E-state index in [-0.39, 0.29) is 11.8 Å². The molecule has 4 heterocycles. The molecule has 2 N–H and O–H groups in total. The van der Waals surface area contributed by atoms with E-state index in [0.29, 0.717) is 32.5 Å². The summed E-state index contributed by atoms with van der Waals surface area (Å²) in [5, 5.41) is 8.22. The van der Waals surface area contributed by atoms with E-state index in [4.69, 9.17) is 0 Å². The Morgan fingerprint density at radius 2 is 2.12 bits per heavy atom. The van der Waals surface area contributed by atoms with Crippen molar-refractivity contribution in [1.82, 2.24) is 20.2 Å². The van der Waals surface area contributed by atoms with Gasteiger partial charge in [0.2, 0.25) is 11.8 Å². The zero-order valence-electron chi connectivity index (χ0n) is 19.3. The van der Waals surface area contributed by atoms with Gasteiger partial charge in [-0.05, 0) is 70.5 Å². The molecule has 3 aromatic heterocycles. The van der Waals surface area contributed by atoms with Gasteiger partial charge in [-0.1, -0.05) is 18.2 Å². The fourth-order valence-electron chi connectivity index (χ4n) is 4.74. The molecule has 174 valence electrons. The molecule has 0 radical (unpaired) electrons. The molecule has 2 amide bonds. The Hall–Kier alpha value is -3.45. The van der Waals surface area contributed by atoms with Crippen LogP contribution in [0, 0.1) is 6.92 Å². The number of para-hydroxylation sites is 1. The van der Waals surface area contributed by atoms with Crippen molar-refractivity contribution in [2.75, 3.05) is 6.54 Å². The normalized spacial score (nSPS) is 13.1. The first-order valence-electron chi connectivity index (χ1n) is 11.7. The SMILES string of the molecule is Cc1ncc2c(c1CNC(=O)Cc1ccsc1)CCN(C(=O)CCc1c[nH]c3ccccc13)C2. The number of hydrogen-bond acceptors (Lipinski definition) is 4. The number of aromatic nitrogens is 2. The molecule has 0 unspecified atom stereocenters. The third kappa shape index (κ3) is 4.75. The Kier molecular flexibility index (Phi) is 6.45. The number of carbonyl (C=O) groups excluding carboxylic acids is 2. The monoisotopic (exact) mass is 472 g/mol. The summed E-state index contributed by atoms with van der Waals surface area (Å²) in [6.07, 6.45) is 6.29. The average molecular weight is 473 g/mol. The van der Waals surface area contributed by atoms with Crippen LogP contribution in [0.15, 0.2) is 53.5 Å². The van der Waals surface area contributed by atoms with Crippen LogP contribution in [0.4, 0.5) is 0 Å². The Balaban J connectivity index is 1.21. The van der Waals surface area contributed by atoms with Crippen LogP contribution in [-0.2, 0) is 41.9 Å². The second-order valence-corrected chi connectivity index (χ2v) is 9.62. The van der Waals surface area contributed by atoms with Crippen molar-refractivity contribution in [3.63, 3.8) is 0 Å². The molecule has 34 heavy (non-hydrogen) atoms. The van der Waals surface area contributed by atoms with Gasteiger partial charge in [0, 0.05) is 55.0 Å². The number of nitrogens with one attached hydrogen (secondary N) is 2. The minimum absolute atomic E-state index is 0.0142. The number of aromatic amines is 1. The predicted octanol–water partition coefficient (Wildman–Crippen LogP) is 4.31. The highest BCUT2D eigenvalue weighted by Gasteiger charge is 2.24. The molecule has 1 aliphatic rings. The van der Waals surface area contributed by atoms with Crippen LogP contribution in [-0.4, -0.2) is 33.2 Å². The maximum Gasteiger partial charge on any atom is 0.224 e. The third-order valence-electron chi connectivity index (χ3n) is 6.64. The second kappa shape index (κ2) is 9.81. The van der Waals surface area contributed by atoms with E-state index in [1.54, 1.807) is 11.3 Å². The van der Waals surface area contributed by atoms with Crippen LogP contribution in [0.5, 0.6) is 0 Å². The lowest BCUT2D eigenvalue weighted by molar-refractivity contribution is -0.132. The number of pyridine rings is 1. The van der Waals surface area contributed by atoms with Crippen LogP contribution in [0.3, 0.4) is 0 Å². The van der Waals surface area contributed by atoms with Gasteiger partial charge in [0.25, 0.3) is 0 Å². The van der Waals surface area contributed by atoms with E-state index in [1.807, 2.05) is 53.2 Å². The van der Waals surface area contributed by atoms with Gasteiger partial charge in [0.15, 0.2) is 0 Å². The lowest BCUT2D eigenvalue weighted by Crippen LogP contribution is -2.37. The summed E-state index contributed by atoms with van der Waals surface area (Å²) < 4.78 is 0. The quantitative estimate of drug-likeness (QED) is 0.421. The number of thiophene rings is 1. The lowest BCUT2D eigenvalue weighted by Gasteiger charge is -2.30. The molecule has 1 aliphatic heterocycles. The molecule has 0 saturated heterocycles. The summed E-state index contributed by atoms with van der Waals surface area (Å²) in [6.45, 7) is 3.73. The fourth-order valence-corrected chi connectivity index (χ4v) is 5.40. The molecular weight excluding hydrogens is 444 g/mol. The standard InChI is InChI=1S/C27H28N4O2S/c1-18-24(15-30-26(32)12-19-9-11-34-17-19)22-8-10-31(16-21(22)14-28-18)27(33)7-6-20-13-29-25-5-3-2-4-23(20)25/h2-5,9,11,13-14,17,29H,6-8,10,12,15-16H2,1H3,(H,30,32). The smallest absolute Gasteiger partial charge is 0.224 e. The van der Waals surface area contributed by atoms with E-state index in [9.17, 15) is 9.59 Å². The second-order valence-electron chi connectivity index (χ2n) is 8.84. The van der Waals surface area contributed by atoms with Crippen molar-refractivity contribution < 1.29 is 9.59 Å². The number of carbonyl (C=O) groups is 2. The average Bonchev–Trinajstić information content (AvgIpc) is 3.51. The van der Waals surface area contributed by atoms with Gasteiger partial charge in [-0.3, -0.25) is 14.6 Å². The van der Waals surface area contributed by atoms with Crippen molar-refractivity contribution in [1.29, 1.82) is 0 Å². The molecular formula is C27H28N4O2S. The van der Waals surface area contributed by atoms with Gasteiger partial charge in [-0.25, -0.2) is 0 Å². The van der Waals surface area contributed by atoms with Crippen LogP contribution in [0.2, 0.25) is 0 Å². The summed E-state index contributed by atoms with van der Waals surface area (Å²) in [7, 11) is 0. The lowest BCUT2D eigenvalue weighted by atomic mass is 9.94. The first kappa shape index (κ1) is 22.3. The number of rotatable bonds is 7. The Labute approximate surface area is 203 Å². The minimum Gasteiger partial charge on any atom is -0.361 e. The summed E-state index contributed by atoms with van der Waals surface area (Å²) >= 11 is 1.60. The highest BCUT2D eigenvalue weighted by atomic mass is 32.1. The largest absolute Gasteiger partial charge is 0.361 e. The minimum atomic E-state index is 0.0142. The van der Waals surface area contributed by atoms with Crippen LogP contribution >= 0.6 is 11.3 Å². The van der Waals surface area contributed by atoms with Gasteiger partial charge in [0.1, 0.15) is 0 Å². The molecule has 0 fully saturated rings. The van der Waals surface area contributed by atoms with Crippen LogP contribution in [0.1, 0.15) is 39.9 Å². The highest BCUT2D eigenvalue weighted by molar-refractivity contribution is 7.08. The molecule has 6 nitrogen and oxygen atoms in total. The summed E-state index contributed by atoms with van der Waals surface area (Å²) in [5.74, 6) is 0.183. The fraction of sp³-hybridized carbons (Fsp3) is 0.296. The summed E-state index contributed by atoms with van der Waals surface area (Å²) in [6, 6.07) is 10.2. The van der Waals surface area contributed by atoms with E-state index in [0.717, 1.165) is 40.7 Å². The first-order valence-corrected chi connectivity index (χ1v) is 12.6. The maximum absolute atomic E-state index is 13.0. The zero-order valence-corrected chi connectivity index (χ0v) is 20.1. The maximum atomic E-state index is 13.0. The van der Waals surface area contributed by atoms with Gasteiger partial charge < -0.3 is 15.2 Å². The van der Waals surface area contributed by atoms with E-state index < -0.39 is 0 Å². The molecule has 0 bridgehead atoms. The molecule has 0 atom stereocenters. The molecule has 0 saturated carbocycles. The van der Waals surface area contributed by atoms with Crippen molar-refractivity contribution >= 4 is 34.1 Å². The summed E-state index contributed by atoms with van der Waals surface area (Å²) in [4.78, 5) is 35.2. The van der Waals surface area contributed by atoms with Gasteiger partial charge >= 0.3 is 0 Å². The highest BCUT2D eigenvalue weighted by Crippen LogP contribution is 2.25. The van der Waals surface area contributed by atoms with Crippen molar-refractivity contribution in [3.05, 3.63) is 87.0 Å². The number of fused-ring (bicyclic) bond motifs is 2. The third-order valence-corrected chi connectivity index (χ3v) is 7.37. The van der Waals surface area contributed by atoms with Gasteiger partial charge in [0.05, 0.1) is 6.42 Å². The van der Waals surface area contributed by atoms with Crippen molar-refractivity contribution in [2.45, 2.75) is 45.7 Å². The van der Waals surface area contributed by atoms with E-state index >= 15 is 0 Å². The predicted molar refractivity (Wildman–Crippen MR) is 135 cm³/mol. The Bertz CT molecular complexity index is 1330. The number of benzene rings is 1. The molecule has 0 spiro atoms. The molecule has 0 aliphatic carbocycles. The van der Waals surface area contributed by atoms with Gasteiger partial charge in [-0.15, -0.1) is 0 Å². The number of H-pyrrole nitrogens is 1. The molecule has 1 aromatic carbocycles. The Morgan fingerprint density at radius 3 is 2.97 bits per heavy atom. The first-order chi connectivity index (χ1) is 16.6. The van der Waals surface area contributed by atoms with E-state index in [2.05, 4.69) is 27.4 Å². The topological polar surface area (TPSA) is 78.1 Å². The zero-order chi connectivity index (χ0) is 23.5. The number of amides is 2. The molecule has 5 rings (SSSR count). The molecule has 4 aromatic rings. The van der Waals surface area contributed by atoms with Gasteiger partial charge in [-0.2, -0.15) is 11.3 Å². The number of aryl methyl sites for hydroxylation is 2. The van der Waals surface area contributed by atoms with Crippen molar-refractivity contribution in [2.24, 2.45) is 0 Å². The van der Waals surface area contributed by atoms with Crippen LogP contribution < -0.4 is 5.32 Å². The van der Waals surface area contributed by atoms with Crippen molar-refractivity contribution in [3.8, 4) is 0 Å². The van der Waals surface area contributed by atoms with E-state index in [1.165, 1.54) is 16.5 Å². The number of nitrogens with zero attached hydrogens (tertiary/aromatic N) is 2. The number of hydrogen-bond donors (Lipinski definition) is 2. The Morgan fingerprint density at radius 1 is 1.24 bits per heavy atom. The van der Waals surface area contributed by atoms with Crippen LogP contribution in [0.25, 0.3) is 10.9 Å². The molecule has 7 heteroatoms. The summed E-state index contributed by atoms with van der Waals surface area (Å²) in [5.41, 5.74) is 7.65.